The molecular weight excluding hydrogens is 256 g/mol. The Morgan fingerprint density at radius 1 is 1.40 bits per heavy atom. The zero-order valence-corrected chi connectivity index (χ0v) is 10.5. The number of benzene rings is 1. The van der Waals surface area contributed by atoms with Crippen molar-refractivity contribution in [2.24, 2.45) is 0 Å². The molecule has 0 spiro atoms. The van der Waals surface area contributed by atoms with Crippen molar-refractivity contribution in [2.45, 2.75) is 12.8 Å². The van der Waals surface area contributed by atoms with Gasteiger partial charge in [0.25, 0.3) is 0 Å². The minimum atomic E-state index is 0.782. The Morgan fingerprint density at radius 3 is 2.93 bits per heavy atom. The lowest BCUT2D eigenvalue weighted by atomic mass is 10.2. The van der Waals surface area contributed by atoms with Crippen LogP contribution in [0.5, 0.6) is 0 Å². The fourth-order valence-electron chi connectivity index (χ4n) is 1.28. The first-order valence-corrected chi connectivity index (χ1v) is 5.81. The summed E-state index contributed by atoms with van der Waals surface area (Å²) in [5, 5.41) is 3.30. The number of halogens is 1. The molecule has 0 aliphatic rings. The van der Waals surface area contributed by atoms with Crippen LogP contribution < -0.4 is 11.1 Å². The van der Waals surface area contributed by atoms with E-state index in [1.807, 2.05) is 18.2 Å². The van der Waals surface area contributed by atoms with Gasteiger partial charge < -0.3 is 15.8 Å². The lowest BCUT2D eigenvalue weighted by molar-refractivity contribution is 0.194. The van der Waals surface area contributed by atoms with Crippen molar-refractivity contribution in [3.63, 3.8) is 0 Å². The molecule has 0 aliphatic heterocycles. The highest BCUT2D eigenvalue weighted by Gasteiger charge is 1.98. The van der Waals surface area contributed by atoms with E-state index in [0.29, 0.717) is 0 Å². The molecule has 1 rings (SSSR count). The van der Waals surface area contributed by atoms with Crippen LogP contribution >= 0.6 is 15.9 Å². The number of rotatable bonds is 6. The molecule has 0 saturated carbocycles. The van der Waals surface area contributed by atoms with Crippen LogP contribution in [-0.2, 0) is 4.74 Å². The van der Waals surface area contributed by atoms with E-state index < -0.39 is 0 Å². The summed E-state index contributed by atoms with van der Waals surface area (Å²) in [7, 11) is 1.72. The molecule has 1 aromatic rings. The van der Waals surface area contributed by atoms with Gasteiger partial charge in [-0.05, 0) is 31.0 Å². The fourth-order valence-corrected chi connectivity index (χ4v) is 1.64. The predicted molar refractivity (Wildman–Crippen MR) is 68.2 cm³/mol. The molecular formula is C11H17BrN2O. The molecule has 0 aliphatic carbocycles. The quantitative estimate of drug-likeness (QED) is 0.619. The van der Waals surface area contributed by atoms with E-state index in [9.17, 15) is 0 Å². The first kappa shape index (κ1) is 12.3. The summed E-state index contributed by atoms with van der Waals surface area (Å²) >= 11 is 3.41. The monoisotopic (exact) mass is 272 g/mol. The van der Waals surface area contributed by atoms with E-state index >= 15 is 0 Å². The normalized spacial score (nSPS) is 10.3. The first-order chi connectivity index (χ1) is 7.24. The Kier molecular flexibility index (Phi) is 5.50. The third kappa shape index (κ3) is 4.53. The molecule has 15 heavy (non-hydrogen) atoms. The molecule has 0 atom stereocenters. The van der Waals surface area contributed by atoms with Gasteiger partial charge in [-0.2, -0.15) is 0 Å². The minimum absolute atomic E-state index is 0.782. The summed E-state index contributed by atoms with van der Waals surface area (Å²) in [5.74, 6) is 0. The average molecular weight is 273 g/mol. The molecule has 0 aromatic heterocycles. The molecule has 0 fully saturated rings. The molecule has 1 aromatic carbocycles. The molecule has 3 nitrogen and oxygen atoms in total. The maximum absolute atomic E-state index is 5.82. The first-order valence-electron chi connectivity index (χ1n) is 5.02. The van der Waals surface area contributed by atoms with Crippen molar-refractivity contribution in [1.82, 2.24) is 0 Å². The number of nitrogen functional groups attached to an aromatic ring is 1. The molecule has 0 heterocycles. The molecule has 0 saturated heterocycles. The second-order valence-electron chi connectivity index (χ2n) is 3.36. The lowest BCUT2D eigenvalue weighted by Crippen LogP contribution is -2.05. The third-order valence-corrected chi connectivity index (χ3v) is 2.60. The second-order valence-corrected chi connectivity index (χ2v) is 4.27. The van der Waals surface area contributed by atoms with Crippen molar-refractivity contribution in [2.75, 3.05) is 31.3 Å². The van der Waals surface area contributed by atoms with Crippen molar-refractivity contribution < 1.29 is 4.74 Å². The van der Waals surface area contributed by atoms with E-state index in [0.717, 1.165) is 41.8 Å². The van der Waals surface area contributed by atoms with E-state index in [4.69, 9.17) is 10.5 Å². The van der Waals surface area contributed by atoms with Gasteiger partial charge in [0.05, 0.1) is 11.4 Å². The summed E-state index contributed by atoms with van der Waals surface area (Å²) in [5.41, 5.74) is 7.59. The van der Waals surface area contributed by atoms with E-state index in [2.05, 4.69) is 21.2 Å². The van der Waals surface area contributed by atoms with Crippen LogP contribution in [0.2, 0.25) is 0 Å². The Morgan fingerprint density at radius 2 is 2.20 bits per heavy atom. The Bertz CT molecular complexity index is 305. The van der Waals surface area contributed by atoms with E-state index in [1.54, 1.807) is 7.11 Å². The van der Waals surface area contributed by atoms with Gasteiger partial charge in [-0.3, -0.25) is 0 Å². The van der Waals surface area contributed by atoms with Crippen LogP contribution in [0.25, 0.3) is 0 Å². The van der Waals surface area contributed by atoms with Gasteiger partial charge in [-0.25, -0.2) is 0 Å². The van der Waals surface area contributed by atoms with Crippen LogP contribution in [0.1, 0.15) is 12.8 Å². The number of hydrogen-bond acceptors (Lipinski definition) is 3. The Balaban J connectivity index is 2.33. The summed E-state index contributed by atoms with van der Waals surface area (Å²) in [4.78, 5) is 0. The SMILES string of the molecule is COCCCCNc1cc(Br)ccc1N. The van der Waals surface area contributed by atoms with Gasteiger partial charge >= 0.3 is 0 Å². The van der Waals surface area contributed by atoms with Crippen LogP contribution in [0.3, 0.4) is 0 Å². The smallest absolute Gasteiger partial charge is 0.0585 e. The van der Waals surface area contributed by atoms with Crippen LogP contribution in [-0.4, -0.2) is 20.3 Å². The molecule has 0 radical (unpaired) electrons. The number of hydrogen-bond donors (Lipinski definition) is 2. The van der Waals surface area contributed by atoms with Gasteiger partial charge in [-0.1, -0.05) is 15.9 Å². The third-order valence-electron chi connectivity index (χ3n) is 2.11. The zero-order valence-electron chi connectivity index (χ0n) is 8.92. The van der Waals surface area contributed by atoms with Gasteiger partial charge in [-0.15, -0.1) is 0 Å². The van der Waals surface area contributed by atoms with E-state index in [1.165, 1.54) is 0 Å². The van der Waals surface area contributed by atoms with Crippen LogP contribution in [0, 0.1) is 0 Å². The largest absolute Gasteiger partial charge is 0.397 e. The fraction of sp³-hybridized carbons (Fsp3) is 0.455. The summed E-state index contributed by atoms with van der Waals surface area (Å²) in [6, 6.07) is 5.82. The zero-order chi connectivity index (χ0) is 11.1. The van der Waals surface area contributed by atoms with Crippen molar-refractivity contribution >= 4 is 27.3 Å². The topological polar surface area (TPSA) is 47.3 Å². The molecule has 4 heteroatoms. The standard InChI is InChI=1S/C11H17BrN2O/c1-15-7-3-2-6-14-11-8-9(12)4-5-10(11)13/h4-5,8,14H,2-3,6-7,13H2,1H3. The summed E-state index contributed by atoms with van der Waals surface area (Å²) < 4.78 is 6.02. The van der Waals surface area contributed by atoms with Crippen molar-refractivity contribution in [3.05, 3.63) is 22.7 Å². The highest BCUT2D eigenvalue weighted by Crippen LogP contribution is 2.23. The number of methoxy groups -OCH3 is 1. The minimum Gasteiger partial charge on any atom is -0.397 e. The van der Waals surface area contributed by atoms with Crippen molar-refractivity contribution in [3.8, 4) is 0 Å². The number of anilines is 2. The van der Waals surface area contributed by atoms with Gasteiger partial charge in [0.1, 0.15) is 0 Å². The maximum Gasteiger partial charge on any atom is 0.0585 e. The molecule has 84 valence electrons. The maximum atomic E-state index is 5.82. The predicted octanol–water partition coefficient (Wildman–Crippen LogP) is 2.87. The molecule has 0 unspecified atom stereocenters. The number of nitrogens with two attached hydrogens (primary N) is 1. The van der Waals surface area contributed by atoms with Crippen molar-refractivity contribution in [1.29, 1.82) is 0 Å². The number of ether oxygens (including phenoxy) is 1. The molecule has 0 amide bonds. The van der Waals surface area contributed by atoms with E-state index in [-0.39, 0.29) is 0 Å². The van der Waals surface area contributed by atoms with Gasteiger partial charge in [0, 0.05) is 24.7 Å². The van der Waals surface area contributed by atoms with Gasteiger partial charge in [0.15, 0.2) is 0 Å². The Hall–Kier alpha value is -0.740. The highest BCUT2D eigenvalue weighted by atomic mass is 79.9. The Labute approximate surface area is 99.1 Å². The highest BCUT2D eigenvalue weighted by molar-refractivity contribution is 9.10. The summed E-state index contributed by atoms with van der Waals surface area (Å²) in [6.45, 7) is 1.74. The van der Waals surface area contributed by atoms with Gasteiger partial charge in [0.2, 0.25) is 0 Å². The van der Waals surface area contributed by atoms with Crippen LogP contribution in [0.15, 0.2) is 22.7 Å². The second kappa shape index (κ2) is 6.69. The summed E-state index contributed by atoms with van der Waals surface area (Å²) in [6.07, 6.45) is 2.15. The molecule has 3 N–H and O–H groups in total. The lowest BCUT2D eigenvalue weighted by Gasteiger charge is -2.09. The van der Waals surface area contributed by atoms with Crippen LogP contribution in [0.4, 0.5) is 11.4 Å². The number of unbranched alkanes of at least 4 members (excludes halogenated alkanes) is 1. The molecule has 0 bridgehead atoms. The number of nitrogens with one attached hydrogen (secondary N) is 1. The average Bonchev–Trinajstić information content (AvgIpc) is 2.23.